The first-order valence-electron chi connectivity index (χ1n) is 9.05. The van der Waals surface area contributed by atoms with Gasteiger partial charge in [-0.1, -0.05) is 31.7 Å². The van der Waals surface area contributed by atoms with Crippen molar-refractivity contribution in [2.75, 3.05) is 10.6 Å². The zero-order chi connectivity index (χ0) is 20.1. The van der Waals surface area contributed by atoms with Crippen LogP contribution in [0.1, 0.15) is 44.1 Å². The van der Waals surface area contributed by atoms with Crippen molar-refractivity contribution in [3.8, 4) is 0 Å². The summed E-state index contributed by atoms with van der Waals surface area (Å²) in [6, 6.07) is 4.49. The normalized spacial score (nSPS) is 15.7. The molecule has 1 aliphatic rings. The van der Waals surface area contributed by atoms with Gasteiger partial charge in [-0.25, -0.2) is 9.97 Å². The number of halogens is 3. The van der Waals surface area contributed by atoms with E-state index in [4.69, 9.17) is 0 Å². The molecule has 0 unspecified atom stereocenters. The third-order valence-electron chi connectivity index (χ3n) is 4.65. The fraction of sp³-hybridized carbons (Fsp3) is 0.444. The van der Waals surface area contributed by atoms with E-state index in [1.165, 1.54) is 12.1 Å². The average Bonchev–Trinajstić information content (AvgIpc) is 2.90. The summed E-state index contributed by atoms with van der Waals surface area (Å²) in [6.45, 7) is 0. The van der Waals surface area contributed by atoms with Crippen LogP contribution in [0.2, 0.25) is 0 Å². The SMILES string of the molecule is O=[N+]([O-])c1c(Nc2cccc(C(F)(F)F)c2)ncnc1NC1CCCCCC1. The summed E-state index contributed by atoms with van der Waals surface area (Å²) in [6.07, 6.45) is 2.75. The summed E-state index contributed by atoms with van der Waals surface area (Å²) >= 11 is 0. The van der Waals surface area contributed by atoms with E-state index >= 15 is 0 Å². The zero-order valence-corrected chi connectivity index (χ0v) is 15.0. The molecule has 0 atom stereocenters. The lowest BCUT2D eigenvalue weighted by Crippen LogP contribution is -2.20. The predicted octanol–water partition coefficient (Wildman–Crippen LogP) is 5.28. The highest BCUT2D eigenvalue weighted by Crippen LogP contribution is 2.35. The molecule has 1 fully saturated rings. The van der Waals surface area contributed by atoms with Gasteiger partial charge in [-0.05, 0) is 31.0 Å². The smallest absolute Gasteiger partial charge is 0.361 e. The topological polar surface area (TPSA) is 93.0 Å². The van der Waals surface area contributed by atoms with Gasteiger partial charge in [0.1, 0.15) is 6.33 Å². The number of benzene rings is 1. The highest BCUT2D eigenvalue weighted by atomic mass is 19.4. The van der Waals surface area contributed by atoms with Gasteiger partial charge in [0, 0.05) is 11.7 Å². The lowest BCUT2D eigenvalue weighted by atomic mass is 10.1. The largest absolute Gasteiger partial charge is 0.416 e. The van der Waals surface area contributed by atoms with Crippen LogP contribution >= 0.6 is 0 Å². The van der Waals surface area contributed by atoms with Crippen LogP contribution in [-0.2, 0) is 6.18 Å². The van der Waals surface area contributed by atoms with E-state index < -0.39 is 16.7 Å². The molecule has 2 N–H and O–H groups in total. The molecule has 0 saturated heterocycles. The van der Waals surface area contributed by atoms with Gasteiger partial charge in [0.25, 0.3) is 0 Å². The van der Waals surface area contributed by atoms with E-state index in [2.05, 4.69) is 20.6 Å². The van der Waals surface area contributed by atoms with Gasteiger partial charge >= 0.3 is 11.9 Å². The molecule has 1 aliphatic carbocycles. The maximum absolute atomic E-state index is 12.9. The molecule has 0 spiro atoms. The van der Waals surface area contributed by atoms with Crippen molar-refractivity contribution in [1.29, 1.82) is 0 Å². The van der Waals surface area contributed by atoms with Crippen LogP contribution < -0.4 is 10.6 Å². The molecule has 1 aromatic carbocycles. The van der Waals surface area contributed by atoms with E-state index in [0.29, 0.717) is 0 Å². The van der Waals surface area contributed by atoms with Gasteiger partial charge < -0.3 is 10.6 Å². The number of alkyl halides is 3. The standard InChI is InChI=1S/C18H20F3N5O2/c19-18(20,21)12-6-5-9-14(10-12)25-17-15(26(27)28)16(22-11-23-17)24-13-7-3-1-2-4-8-13/h5-6,9-11,13H,1-4,7-8H2,(H2,22,23,24,25). The van der Waals surface area contributed by atoms with Crippen LogP contribution in [0.15, 0.2) is 30.6 Å². The summed E-state index contributed by atoms with van der Waals surface area (Å²) in [5.74, 6) is -0.0863. The molecule has 28 heavy (non-hydrogen) atoms. The van der Waals surface area contributed by atoms with Crippen LogP contribution in [0.4, 0.5) is 36.2 Å². The first-order valence-corrected chi connectivity index (χ1v) is 9.05. The fourth-order valence-electron chi connectivity index (χ4n) is 3.28. The average molecular weight is 395 g/mol. The molecule has 0 aliphatic heterocycles. The Bertz CT molecular complexity index is 836. The molecule has 1 aromatic heterocycles. The van der Waals surface area contributed by atoms with Crippen molar-refractivity contribution in [3.05, 3.63) is 46.3 Å². The van der Waals surface area contributed by atoms with Crippen LogP contribution in [0.3, 0.4) is 0 Å². The number of rotatable bonds is 5. The molecule has 0 bridgehead atoms. The molecule has 0 radical (unpaired) electrons. The lowest BCUT2D eigenvalue weighted by Gasteiger charge is -2.17. The fourth-order valence-corrected chi connectivity index (χ4v) is 3.28. The summed E-state index contributed by atoms with van der Waals surface area (Å²) in [7, 11) is 0. The van der Waals surface area contributed by atoms with Crippen LogP contribution in [0, 0.1) is 10.1 Å². The number of hydrogen-bond donors (Lipinski definition) is 2. The highest BCUT2D eigenvalue weighted by molar-refractivity contribution is 5.74. The molecule has 2 aromatic rings. The summed E-state index contributed by atoms with van der Waals surface area (Å²) in [4.78, 5) is 18.9. The maximum atomic E-state index is 12.9. The van der Waals surface area contributed by atoms with E-state index in [-0.39, 0.29) is 29.1 Å². The third kappa shape index (κ3) is 4.87. The van der Waals surface area contributed by atoms with E-state index in [0.717, 1.165) is 57.0 Å². The monoisotopic (exact) mass is 395 g/mol. The summed E-state index contributed by atoms with van der Waals surface area (Å²) in [5, 5.41) is 17.4. The Morgan fingerprint density at radius 2 is 1.75 bits per heavy atom. The Morgan fingerprint density at radius 1 is 1.07 bits per heavy atom. The van der Waals surface area contributed by atoms with Crippen molar-refractivity contribution < 1.29 is 18.1 Å². The van der Waals surface area contributed by atoms with Crippen LogP contribution in [0.5, 0.6) is 0 Å². The second kappa shape index (κ2) is 8.41. The minimum atomic E-state index is -4.51. The number of nitro groups is 1. The third-order valence-corrected chi connectivity index (χ3v) is 4.65. The first-order chi connectivity index (χ1) is 13.3. The molecule has 10 heteroatoms. The van der Waals surface area contributed by atoms with Crippen molar-refractivity contribution in [1.82, 2.24) is 9.97 Å². The Morgan fingerprint density at radius 3 is 2.39 bits per heavy atom. The van der Waals surface area contributed by atoms with E-state index in [1.54, 1.807) is 0 Å². The first kappa shape index (κ1) is 19.8. The second-order valence-electron chi connectivity index (χ2n) is 6.71. The zero-order valence-electron chi connectivity index (χ0n) is 15.0. The summed E-state index contributed by atoms with van der Waals surface area (Å²) < 4.78 is 38.7. The quantitative estimate of drug-likeness (QED) is 0.406. The molecular weight excluding hydrogens is 375 g/mol. The Balaban J connectivity index is 1.88. The Kier molecular flexibility index (Phi) is 5.96. The predicted molar refractivity (Wildman–Crippen MR) is 98.5 cm³/mol. The summed E-state index contributed by atoms with van der Waals surface area (Å²) in [5.41, 5.74) is -1.19. The number of anilines is 3. The lowest BCUT2D eigenvalue weighted by molar-refractivity contribution is -0.383. The van der Waals surface area contributed by atoms with Gasteiger partial charge in [0.05, 0.1) is 10.5 Å². The number of nitrogens with zero attached hydrogens (tertiary/aromatic N) is 3. The van der Waals surface area contributed by atoms with Crippen molar-refractivity contribution in [2.24, 2.45) is 0 Å². The van der Waals surface area contributed by atoms with Crippen molar-refractivity contribution in [3.63, 3.8) is 0 Å². The number of hydrogen-bond acceptors (Lipinski definition) is 6. The van der Waals surface area contributed by atoms with Crippen molar-refractivity contribution >= 4 is 23.0 Å². The Labute approximate surface area is 159 Å². The molecular formula is C18H20F3N5O2. The number of aromatic nitrogens is 2. The van der Waals surface area contributed by atoms with Crippen molar-refractivity contribution in [2.45, 2.75) is 50.7 Å². The van der Waals surface area contributed by atoms with Crippen LogP contribution in [-0.4, -0.2) is 20.9 Å². The molecule has 7 nitrogen and oxygen atoms in total. The van der Waals surface area contributed by atoms with Gasteiger partial charge in [-0.2, -0.15) is 13.2 Å². The van der Waals surface area contributed by atoms with Crippen LogP contribution in [0.25, 0.3) is 0 Å². The van der Waals surface area contributed by atoms with Gasteiger partial charge in [0.15, 0.2) is 0 Å². The second-order valence-corrected chi connectivity index (χ2v) is 6.71. The maximum Gasteiger partial charge on any atom is 0.416 e. The minimum Gasteiger partial charge on any atom is -0.361 e. The molecule has 1 saturated carbocycles. The van der Waals surface area contributed by atoms with E-state index in [1.807, 2.05) is 0 Å². The molecule has 0 amide bonds. The molecule has 1 heterocycles. The minimum absolute atomic E-state index is 0.0528. The molecule has 3 rings (SSSR count). The molecule has 150 valence electrons. The van der Waals surface area contributed by atoms with E-state index in [9.17, 15) is 23.3 Å². The Hall–Kier alpha value is -2.91. The van der Waals surface area contributed by atoms with Gasteiger partial charge in [0.2, 0.25) is 11.6 Å². The highest BCUT2D eigenvalue weighted by Gasteiger charge is 2.31. The van der Waals surface area contributed by atoms with Gasteiger partial charge in [-0.15, -0.1) is 0 Å². The van der Waals surface area contributed by atoms with Gasteiger partial charge in [-0.3, -0.25) is 10.1 Å². The number of nitrogens with one attached hydrogen (secondary N) is 2.